The van der Waals surface area contributed by atoms with Gasteiger partial charge in [0.25, 0.3) is 0 Å². The molecule has 0 unspecified atom stereocenters. The van der Waals surface area contributed by atoms with Crippen molar-refractivity contribution >= 4 is 81.3 Å². The molecule has 0 amide bonds. The number of aromatic nitrogens is 3. The molecule has 166 valence electrons. The molecule has 0 aliphatic heterocycles. The SMILES string of the molecule is [AlH2][O]c1ccc(-c2nc3ccccc3s2)c(-c2nc3ccccc3s2)c1-c1nc2ccccc2s1. The highest BCUT2D eigenvalue weighted by Crippen LogP contribution is 2.49. The van der Waals surface area contributed by atoms with Gasteiger partial charge in [-0.3, -0.25) is 0 Å². The van der Waals surface area contributed by atoms with Gasteiger partial charge in [0.15, 0.2) is 0 Å². The Morgan fingerprint density at radius 3 is 1.49 bits per heavy atom. The first-order valence-corrected chi connectivity index (χ1v) is 14.3. The Morgan fingerprint density at radius 2 is 0.971 bits per heavy atom. The predicted molar refractivity (Wildman–Crippen MR) is 151 cm³/mol. The van der Waals surface area contributed by atoms with Crippen molar-refractivity contribution in [1.82, 2.24) is 15.0 Å². The quantitative estimate of drug-likeness (QED) is 0.226. The molecule has 0 N–H and O–H groups in total. The summed E-state index contributed by atoms with van der Waals surface area (Å²) in [6.07, 6.45) is 0. The maximum absolute atomic E-state index is 6.05. The van der Waals surface area contributed by atoms with Crippen molar-refractivity contribution in [2.24, 2.45) is 0 Å². The molecule has 35 heavy (non-hydrogen) atoms. The van der Waals surface area contributed by atoms with Crippen LogP contribution >= 0.6 is 34.0 Å². The zero-order valence-electron chi connectivity index (χ0n) is 18.6. The molecule has 7 rings (SSSR count). The van der Waals surface area contributed by atoms with Gasteiger partial charge < -0.3 is 3.79 Å². The van der Waals surface area contributed by atoms with Crippen LogP contribution in [0.25, 0.3) is 62.4 Å². The molecule has 0 atom stereocenters. The summed E-state index contributed by atoms with van der Waals surface area (Å²) in [5.74, 6) is 0.842. The third-order valence-electron chi connectivity index (χ3n) is 5.93. The van der Waals surface area contributed by atoms with Crippen LogP contribution in [-0.2, 0) is 0 Å². The Morgan fingerprint density at radius 1 is 0.514 bits per heavy atom. The lowest BCUT2D eigenvalue weighted by atomic mass is 10.0. The summed E-state index contributed by atoms with van der Waals surface area (Å²) in [6.45, 7) is 0. The third-order valence-corrected chi connectivity index (χ3v) is 9.54. The first-order chi connectivity index (χ1) is 17.3. The van der Waals surface area contributed by atoms with Crippen molar-refractivity contribution in [3.05, 3.63) is 84.9 Å². The van der Waals surface area contributed by atoms with Gasteiger partial charge in [0, 0.05) is 11.1 Å². The minimum atomic E-state index is 0.579. The monoisotopic (exact) mass is 521 g/mol. The van der Waals surface area contributed by atoms with Crippen LogP contribution in [0.1, 0.15) is 0 Å². The Kier molecular flexibility index (Phi) is 5.16. The van der Waals surface area contributed by atoms with Gasteiger partial charge >= 0.3 is 16.6 Å². The second-order valence-electron chi connectivity index (χ2n) is 8.03. The highest BCUT2D eigenvalue weighted by atomic mass is 32.1. The Labute approximate surface area is 221 Å². The zero-order valence-corrected chi connectivity index (χ0v) is 23.0. The largest absolute Gasteiger partial charge is 0.647 e. The van der Waals surface area contributed by atoms with E-state index in [1.165, 1.54) is 4.70 Å². The number of nitrogens with zero attached hydrogens (tertiary/aromatic N) is 3. The van der Waals surface area contributed by atoms with Crippen LogP contribution in [0.4, 0.5) is 0 Å². The number of para-hydroxylation sites is 3. The smallest absolute Gasteiger partial charge is 0.496 e. The van der Waals surface area contributed by atoms with Crippen molar-refractivity contribution in [3.63, 3.8) is 0 Å². The average Bonchev–Trinajstić information content (AvgIpc) is 3.63. The molecule has 8 heteroatoms. The van der Waals surface area contributed by atoms with Gasteiger partial charge in [-0.25, -0.2) is 15.0 Å². The molecule has 4 aromatic carbocycles. The van der Waals surface area contributed by atoms with E-state index in [0.29, 0.717) is 16.6 Å². The van der Waals surface area contributed by atoms with Crippen LogP contribution in [0.2, 0.25) is 0 Å². The normalized spacial score (nSPS) is 11.5. The van der Waals surface area contributed by atoms with Crippen molar-refractivity contribution in [3.8, 4) is 37.5 Å². The van der Waals surface area contributed by atoms with E-state index in [0.717, 1.165) is 63.4 Å². The lowest BCUT2D eigenvalue weighted by Crippen LogP contribution is -1.95. The van der Waals surface area contributed by atoms with Crippen molar-refractivity contribution in [2.45, 2.75) is 0 Å². The summed E-state index contributed by atoms with van der Waals surface area (Å²) >= 11 is 5.67. The summed E-state index contributed by atoms with van der Waals surface area (Å²) in [6, 6.07) is 29.0. The van der Waals surface area contributed by atoms with E-state index in [1.807, 2.05) is 18.2 Å². The topological polar surface area (TPSA) is 47.9 Å². The molecule has 0 aliphatic carbocycles. The molecule has 0 saturated heterocycles. The second kappa shape index (κ2) is 8.52. The van der Waals surface area contributed by atoms with E-state index in [1.54, 1.807) is 34.0 Å². The number of fused-ring (bicyclic) bond motifs is 3. The average molecular weight is 522 g/mol. The molecule has 4 nitrogen and oxygen atoms in total. The van der Waals surface area contributed by atoms with Crippen LogP contribution in [0.15, 0.2) is 84.9 Å². The highest BCUT2D eigenvalue weighted by molar-refractivity contribution is 7.23. The van der Waals surface area contributed by atoms with Crippen molar-refractivity contribution in [1.29, 1.82) is 0 Å². The maximum Gasteiger partial charge on any atom is 0.496 e. The fourth-order valence-corrected chi connectivity index (χ4v) is 7.70. The number of benzene rings is 4. The molecule has 0 fully saturated rings. The summed E-state index contributed by atoms with van der Waals surface area (Å²) in [5, 5.41) is 2.87. The van der Waals surface area contributed by atoms with Crippen LogP contribution in [-0.4, -0.2) is 31.6 Å². The first-order valence-electron chi connectivity index (χ1n) is 11.1. The van der Waals surface area contributed by atoms with Gasteiger partial charge in [-0.15, -0.1) is 34.0 Å². The molecule has 0 spiro atoms. The Bertz CT molecular complexity index is 1770. The van der Waals surface area contributed by atoms with E-state index in [-0.39, 0.29) is 0 Å². The van der Waals surface area contributed by atoms with E-state index >= 15 is 0 Å². The van der Waals surface area contributed by atoms with Gasteiger partial charge in [-0.1, -0.05) is 36.4 Å². The van der Waals surface area contributed by atoms with Crippen LogP contribution in [0.3, 0.4) is 0 Å². The Balaban J connectivity index is 1.58. The van der Waals surface area contributed by atoms with Crippen LogP contribution < -0.4 is 3.79 Å². The molecular formula is C27H16AlN3OS3. The zero-order chi connectivity index (χ0) is 23.4. The van der Waals surface area contributed by atoms with E-state index in [2.05, 4.69) is 66.7 Å². The van der Waals surface area contributed by atoms with Gasteiger partial charge in [0.2, 0.25) is 0 Å². The lowest BCUT2D eigenvalue weighted by molar-refractivity contribution is 0.619. The maximum atomic E-state index is 6.05. The Hall–Kier alpha value is -3.12. The molecule has 3 aromatic heterocycles. The van der Waals surface area contributed by atoms with Gasteiger partial charge in [-0.2, -0.15) is 0 Å². The molecule has 7 aromatic rings. The van der Waals surface area contributed by atoms with E-state index in [9.17, 15) is 0 Å². The molecule has 0 radical (unpaired) electrons. The number of rotatable bonds is 4. The lowest BCUT2D eigenvalue weighted by Gasteiger charge is -2.15. The van der Waals surface area contributed by atoms with Crippen molar-refractivity contribution in [2.75, 3.05) is 0 Å². The number of hydrogen-bond acceptors (Lipinski definition) is 7. The standard InChI is InChI=1S/C27H15N3OS3.Al.2H/c31-19-14-13-15(25-28-16-7-1-4-10-20(16)32-25)23(26-29-17-8-2-5-11-21(17)33-26)24(19)27-30-18-9-3-6-12-22(18)34-27;;;/h1-14,31H;;;/q;+1;;/p-1. The second-order valence-corrected chi connectivity index (χ2v) is 11.5. The summed E-state index contributed by atoms with van der Waals surface area (Å²) in [5.41, 5.74) is 6.09. The number of thiazole rings is 3. The molecule has 0 aliphatic rings. The van der Waals surface area contributed by atoms with Gasteiger partial charge in [-0.05, 0) is 48.5 Å². The molecule has 0 saturated carbocycles. The molecular weight excluding hydrogens is 506 g/mol. The highest BCUT2D eigenvalue weighted by Gasteiger charge is 2.25. The molecule has 0 bridgehead atoms. The summed E-state index contributed by atoms with van der Waals surface area (Å²) in [7, 11) is 0. The first kappa shape index (κ1) is 21.2. The summed E-state index contributed by atoms with van der Waals surface area (Å²) in [4.78, 5) is 15.1. The van der Waals surface area contributed by atoms with E-state index < -0.39 is 0 Å². The van der Waals surface area contributed by atoms with E-state index in [4.69, 9.17) is 18.7 Å². The van der Waals surface area contributed by atoms with Gasteiger partial charge in [0.1, 0.15) is 15.0 Å². The fourth-order valence-electron chi connectivity index (χ4n) is 4.31. The minimum absolute atomic E-state index is 0.579. The van der Waals surface area contributed by atoms with Crippen LogP contribution in [0, 0.1) is 0 Å². The van der Waals surface area contributed by atoms with Crippen molar-refractivity contribution < 1.29 is 3.79 Å². The fraction of sp³-hybridized carbons (Fsp3) is 0. The number of hydrogen-bond donors (Lipinski definition) is 0. The van der Waals surface area contributed by atoms with Gasteiger partial charge in [0.05, 0.1) is 42.0 Å². The third kappa shape index (κ3) is 3.58. The predicted octanol–water partition coefficient (Wildman–Crippen LogP) is 7.44. The molecule has 3 heterocycles. The summed E-state index contributed by atoms with van der Waals surface area (Å²) < 4.78 is 9.53. The van der Waals surface area contributed by atoms with Crippen LogP contribution in [0.5, 0.6) is 5.75 Å². The minimum Gasteiger partial charge on any atom is -0.647 e.